The van der Waals surface area contributed by atoms with Crippen molar-refractivity contribution in [3.63, 3.8) is 0 Å². The molecule has 1 atom stereocenters. The number of rotatable bonds is 32. The maximum atomic E-state index is 12.7. The Morgan fingerprint density at radius 2 is 0.756 bits per heavy atom. The van der Waals surface area contributed by atoms with Crippen LogP contribution in [0.4, 0.5) is 0 Å². The molecule has 0 saturated carbocycles. The van der Waals surface area contributed by atoms with E-state index in [0.29, 0.717) is 12.8 Å². The van der Waals surface area contributed by atoms with Crippen LogP contribution in [0.25, 0.3) is 0 Å². The molecule has 41 heavy (non-hydrogen) atoms. The van der Waals surface area contributed by atoms with Gasteiger partial charge in [0.15, 0.2) is 19.7 Å². The van der Waals surface area contributed by atoms with Crippen LogP contribution in [-0.4, -0.2) is 39.3 Å². The Hall–Kier alpha value is -0.360. The predicted molar refractivity (Wildman–Crippen MR) is 182 cm³/mol. The van der Waals surface area contributed by atoms with E-state index in [9.17, 15) is 16.8 Å². The van der Waals surface area contributed by atoms with Gasteiger partial charge < -0.3 is 0 Å². The number of unbranched alkanes of at least 4 members (excludes halogenated alkanes) is 23. The van der Waals surface area contributed by atoms with Crippen LogP contribution >= 0.6 is 0 Å². The van der Waals surface area contributed by atoms with Gasteiger partial charge in [-0.1, -0.05) is 154 Å². The second-order valence-electron chi connectivity index (χ2n) is 12.6. The van der Waals surface area contributed by atoms with Crippen LogP contribution in [-0.2, 0) is 19.7 Å². The van der Waals surface area contributed by atoms with Gasteiger partial charge in [-0.25, -0.2) is 16.8 Å². The van der Waals surface area contributed by atoms with E-state index in [1.54, 1.807) is 6.92 Å². The minimum Gasteiger partial charge on any atom is -0.229 e. The second-order valence-corrected chi connectivity index (χ2v) is 17.4. The molecule has 0 aromatic rings. The summed E-state index contributed by atoms with van der Waals surface area (Å²) in [6.45, 7) is 6.08. The lowest BCUT2D eigenvalue weighted by molar-refractivity contribution is 0.537. The lowest BCUT2D eigenvalue weighted by Gasteiger charge is -2.13. The normalized spacial score (nSPS) is 13.3. The highest BCUT2D eigenvalue weighted by Gasteiger charge is 2.26. The van der Waals surface area contributed by atoms with Crippen molar-refractivity contribution in [2.45, 2.75) is 193 Å². The minimum absolute atomic E-state index is 0.114. The molecule has 0 spiro atoms. The number of hydrogen-bond donors (Lipinski definition) is 0. The van der Waals surface area contributed by atoms with E-state index in [1.807, 2.05) is 0 Å². The van der Waals surface area contributed by atoms with Crippen molar-refractivity contribution < 1.29 is 16.8 Å². The van der Waals surface area contributed by atoms with Gasteiger partial charge in [-0.2, -0.15) is 0 Å². The summed E-state index contributed by atoms with van der Waals surface area (Å²) in [4.78, 5) is 0. The van der Waals surface area contributed by atoms with Crippen LogP contribution in [0.3, 0.4) is 0 Å². The third-order valence-corrected chi connectivity index (χ3v) is 12.7. The molecule has 0 fully saturated rings. The predicted octanol–water partition coefficient (Wildman–Crippen LogP) is 10.9. The summed E-state index contributed by atoms with van der Waals surface area (Å²) < 4.78 is 50.4. The summed E-state index contributed by atoms with van der Waals surface area (Å²) in [5.74, 6) is 0.0160. The Bertz CT molecular complexity index is 787. The zero-order valence-electron chi connectivity index (χ0n) is 27.7. The average Bonchev–Trinajstić information content (AvgIpc) is 2.93. The van der Waals surface area contributed by atoms with Crippen LogP contribution in [0.2, 0.25) is 0 Å². The van der Waals surface area contributed by atoms with Gasteiger partial charge in [0, 0.05) is 0 Å². The molecule has 0 radical (unpaired) electrons. The number of hydrogen-bond acceptors (Lipinski definition) is 4. The molecule has 0 heterocycles. The fraction of sp³-hybridized carbons (Fsp3) is 0.943. The molecule has 4 nitrogen and oxygen atoms in total. The van der Waals surface area contributed by atoms with E-state index in [0.717, 1.165) is 38.5 Å². The molecule has 0 amide bonds. The molecule has 0 aliphatic rings. The van der Waals surface area contributed by atoms with Crippen molar-refractivity contribution in [1.82, 2.24) is 0 Å². The van der Waals surface area contributed by atoms with Crippen LogP contribution in [0.15, 0.2) is 12.2 Å². The number of sulfone groups is 2. The smallest absolute Gasteiger partial charge is 0.153 e. The SMILES string of the molecule is CCCCCC/C=C/CCCCCCCCS(=O)(=O)C(C)CS(=O)(=O)CCCCCCCCCCCCCCCC. The molecule has 6 heteroatoms. The molecule has 0 N–H and O–H groups in total. The standard InChI is InChI=1S/C35H70O4S2/c1-4-6-8-10-12-14-16-18-20-22-24-26-28-30-32-40(36,37)34-35(3)41(38,39)33-31-29-27-25-23-21-19-17-15-13-11-9-7-5-2/h15,17,35H,4-14,16,18-34H2,1-3H3/b17-15+. The van der Waals surface area contributed by atoms with Gasteiger partial charge in [0.05, 0.1) is 22.5 Å². The molecular formula is C35H70O4S2. The first-order valence-corrected chi connectivity index (χ1v) is 21.4. The Morgan fingerprint density at radius 1 is 0.439 bits per heavy atom. The van der Waals surface area contributed by atoms with Gasteiger partial charge in [0.2, 0.25) is 0 Å². The average molecular weight is 619 g/mol. The number of allylic oxidation sites excluding steroid dienone is 2. The van der Waals surface area contributed by atoms with Crippen molar-refractivity contribution in [3.8, 4) is 0 Å². The van der Waals surface area contributed by atoms with E-state index in [2.05, 4.69) is 26.0 Å². The maximum absolute atomic E-state index is 12.7. The molecular weight excluding hydrogens is 549 g/mol. The first-order valence-electron chi connectivity index (χ1n) is 17.8. The van der Waals surface area contributed by atoms with E-state index >= 15 is 0 Å². The zero-order valence-corrected chi connectivity index (χ0v) is 29.3. The van der Waals surface area contributed by atoms with Gasteiger partial charge in [-0.3, -0.25) is 0 Å². The van der Waals surface area contributed by atoms with E-state index in [-0.39, 0.29) is 17.3 Å². The van der Waals surface area contributed by atoms with Gasteiger partial charge in [-0.15, -0.1) is 0 Å². The van der Waals surface area contributed by atoms with Crippen LogP contribution in [0.5, 0.6) is 0 Å². The zero-order chi connectivity index (χ0) is 30.5. The highest BCUT2D eigenvalue weighted by atomic mass is 32.2. The Kier molecular flexibility index (Phi) is 28.2. The van der Waals surface area contributed by atoms with E-state index < -0.39 is 24.9 Å². The quantitative estimate of drug-likeness (QED) is 0.0555. The van der Waals surface area contributed by atoms with Crippen LogP contribution < -0.4 is 0 Å². The maximum Gasteiger partial charge on any atom is 0.153 e. The lowest BCUT2D eigenvalue weighted by Crippen LogP contribution is -2.30. The summed E-state index contributed by atoms with van der Waals surface area (Å²) in [5.41, 5.74) is 0. The van der Waals surface area contributed by atoms with Gasteiger partial charge in [-0.05, 0) is 45.4 Å². The second kappa shape index (κ2) is 28.4. The van der Waals surface area contributed by atoms with Crippen molar-refractivity contribution in [1.29, 1.82) is 0 Å². The Balaban J connectivity index is 3.75. The molecule has 0 aromatic carbocycles. The third kappa shape index (κ3) is 28.2. The highest BCUT2D eigenvalue weighted by molar-refractivity contribution is 7.95. The molecule has 0 aliphatic carbocycles. The van der Waals surface area contributed by atoms with Crippen molar-refractivity contribution in [3.05, 3.63) is 12.2 Å². The molecule has 0 bridgehead atoms. The summed E-state index contributed by atoms with van der Waals surface area (Å²) in [7, 11) is -6.68. The first-order chi connectivity index (χ1) is 19.7. The molecule has 0 aliphatic heterocycles. The third-order valence-electron chi connectivity index (χ3n) is 8.35. The molecule has 1 unspecified atom stereocenters. The first kappa shape index (κ1) is 40.6. The summed E-state index contributed by atoms with van der Waals surface area (Å²) >= 11 is 0. The topological polar surface area (TPSA) is 68.3 Å². The largest absolute Gasteiger partial charge is 0.229 e. The fourth-order valence-corrected chi connectivity index (χ4v) is 9.45. The Labute approximate surface area is 258 Å². The summed E-state index contributed by atoms with van der Waals surface area (Å²) in [6, 6.07) is 0. The van der Waals surface area contributed by atoms with Crippen molar-refractivity contribution in [2.24, 2.45) is 0 Å². The molecule has 0 aromatic heterocycles. The van der Waals surface area contributed by atoms with Crippen LogP contribution in [0.1, 0.15) is 188 Å². The van der Waals surface area contributed by atoms with Gasteiger partial charge in [0.25, 0.3) is 0 Å². The van der Waals surface area contributed by atoms with Gasteiger partial charge >= 0.3 is 0 Å². The minimum atomic E-state index is -3.36. The van der Waals surface area contributed by atoms with E-state index in [1.165, 1.54) is 116 Å². The monoisotopic (exact) mass is 618 g/mol. The molecule has 0 saturated heterocycles. The highest BCUT2D eigenvalue weighted by Crippen LogP contribution is 2.15. The summed E-state index contributed by atoms with van der Waals surface area (Å²) in [5, 5.41) is -0.798. The van der Waals surface area contributed by atoms with Crippen molar-refractivity contribution >= 4 is 19.7 Å². The molecule has 0 rings (SSSR count). The van der Waals surface area contributed by atoms with Gasteiger partial charge in [0.1, 0.15) is 0 Å². The Morgan fingerprint density at radius 3 is 1.17 bits per heavy atom. The molecule has 246 valence electrons. The van der Waals surface area contributed by atoms with Crippen molar-refractivity contribution in [2.75, 3.05) is 17.3 Å². The summed E-state index contributed by atoms with van der Waals surface area (Å²) in [6.07, 6.45) is 35.7. The fourth-order valence-electron chi connectivity index (χ4n) is 5.46. The van der Waals surface area contributed by atoms with E-state index in [4.69, 9.17) is 0 Å². The lowest BCUT2D eigenvalue weighted by atomic mass is 10.0. The van der Waals surface area contributed by atoms with Crippen LogP contribution in [0, 0.1) is 0 Å².